The minimum absolute atomic E-state index is 0.785. The van der Waals surface area contributed by atoms with E-state index in [2.05, 4.69) is 21.6 Å². The lowest BCUT2D eigenvalue weighted by molar-refractivity contribution is -0.00195. The summed E-state index contributed by atoms with van der Waals surface area (Å²) in [5.41, 5.74) is 0. The third-order valence-electron chi connectivity index (χ3n) is 6.25. The van der Waals surface area contributed by atoms with Gasteiger partial charge in [0.1, 0.15) is 0 Å². The van der Waals surface area contributed by atoms with Gasteiger partial charge in [-0.05, 0) is 65.1 Å². The van der Waals surface area contributed by atoms with Crippen molar-refractivity contribution in [3.63, 3.8) is 0 Å². The molecule has 0 aromatic rings. The van der Waals surface area contributed by atoms with E-state index in [-0.39, 0.29) is 0 Å². The zero-order valence-electron chi connectivity index (χ0n) is 12.4. The van der Waals surface area contributed by atoms with Crippen LogP contribution in [0.2, 0.25) is 0 Å². The molecule has 4 aliphatic heterocycles. The van der Waals surface area contributed by atoms with Crippen molar-refractivity contribution in [3.05, 3.63) is 0 Å². The quantitative estimate of drug-likeness (QED) is 0.714. The van der Waals surface area contributed by atoms with Crippen LogP contribution in [0.1, 0.15) is 45.4 Å². The molecule has 4 saturated heterocycles. The molecule has 0 N–H and O–H groups in total. The maximum Gasteiger partial charge on any atom is 0.0224 e. The fourth-order valence-corrected chi connectivity index (χ4v) is 5.22. The molecule has 0 amide bonds. The van der Waals surface area contributed by atoms with Crippen LogP contribution in [0, 0.1) is 0 Å². The molecule has 3 heteroatoms. The van der Waals surface area contributed by atoms with Crippen LogP contribution >= 0.6 is 0 Å². The normalized spacial score (nSPS) is 45.3. The van der Waals surface area contributed by atoms with E-state index >= 15 is 0 Å². The minimum Gasteiger partial charge on any atom is -0.300 e. The van der Waals surface area contributed by atoms with Gasteiger partial charge < -0.3 is 4.90 Å². The summed E-state index contributed by atoms with van der Waals surface area (Å²) in [4.78, 5) is 8.40. The first-order valence-electron chi connectivity index (χ1n) is 8.55. The third kappa shape index (κ3) is 2.24. The number of piperazine rings is 1. The van der Waals surface area contributed by atoms with Crippen LogP contribution in [0.15, 0.2) is 0 Å². The van der Waals surface area contributed by atoms with Crippen LogP contribution in [0.25, 0.3) is 0 Å². The molecule has 0 aliphatic carbocycles. The minimum atomic E-state index is 0.785. The SMILES string of the molecule is CC1CN2CCCC2CN1C1CCN2CCCC2C1. The van der Waals surface area contributed by atoms with Crippen LogP contribution in [-0.2, 0) is 0 Å². The smallest absolute Gasteiger partial charge is 0.0224 e. The summed E-state index contributed by atoms with van der Waals surface area (Å²) in [6.45, 7) is 9.27. The molecule has 0 aromatic carbocycles. The van der Waals surface area contributed by atoms with Gasteiger partial charge in [-0.1, -0.05) is 0 Å². The fraction of sp³-hybridized carbons (Fsp3) is 1.00. The van der Waals surface area contributed by atoms with Crippen molar-refractivity contribution in [2.24, 2.45) is 0 Å². The molecule has 0 saturated carbocycles. The highest BCUT2D eigenvalue weighted by atomic mass is 15.3. The van der Waals surface area contributed by atoms with E-state index in [4.69, 9.17) is 0 Å². The van der Waals surface area contributed by atoms with Gasteiger partial charge in [0.25, 0.3) is 0 Å². The predicted molar refractivity (Wildman–Crippen MR) is 78.4 cm³/mol. The van der Waals surface area contributed by atoms with Crippen LogP contribution in [-0.4, -0.2) is 71.6 Å². The maximum atomic E-state index is 2.89. The fourth-order valence-electron chi connectivity index (χ4n) is 5.22. The average molecular weight is 263 g/mol. The van der Waals surface area contributed by atoms with Gasteiger partial charge in [-0.3, -0.25) is 9.80 Å². The third-order valence-corrected chi connectivity index (χ3v) is 6.25. The van der Waals surface area contributed by atoms with Crippen molar-refractivity contribution in [2.45, 2.75) is 69.6 Å². The summed E-state index contributed by atoms with van der Waals surface area (Å²) in [7, 11) is 0. The Hall–Kier alpha value is -0.120. The van der Waals surface area contributed by atoms with Gasteiger partial charge in [0.15, 0.2) is 0 Å². The molecule has 0 aromatic heterocycles. The summed E-state index contributed by atoms with van der Waals surface area (Å²) in [6, 6.07) is 3.48. The van der Waals surface area contributed by atoms with Crippen molar-refractivity contribution in [2.75, 3.05) is 32.7 Å². The second kappa shape index (κ2) is 5.01. The highest BCUT2D eigenvalue weighted by Gasteiger charge is 2.40. The largest absolute Gasteiger partial charge is 0.300 e. The molecule has 4 rings (SSSR count). The lowest BCUT2D eigenvalue weighted by atomic mass is 9.93. The van der Waals surface area contributed by atoms with E-state index in [1.165, 1.54) is 71.2 Å². The van der Waals surface area contributed by atoms with E-state index < -0.39 is 0 Å². The summed E-state index contributed by atoms with van der Waals surface area (Å²) >= 11 is 0. The van der Waals surface area contributed by atoms with Crippen LogP contribution in [0.4, 0.5) is 0 Å². The highest BCUT2D eigenvalue weighted by molar-refractivity contribution is 4.97. The van der Waals surface area contributed by atoms with E-state index in [9.17, 15) is 0 Å². The first-order valence-corrected chi connectivity index (χ1v) is 8.55. The van der Waals surface area contributed by atoms with Crippen molar-refractivity contribution in [1.82, 2.24) is 14.7 Å². The summed E-state index contributed by atoms with van der Waals surface area (Å²) < 4.78 is 0. The first kappa shape index (κ1) is 12.6. The van der Waals surface area contributed by atoms with Gasteiger partial charge in [-0.15, -0.1) is 0 Å². The molecule has 4 fully saturated rings. The van der Waals surface area contributed by atoms with E-state index in [1.54, 1.807) is 0 Å². The van der Waals surface area contributed by atoms with Gasteiger partial charge in [-0.2, -0.15) is 0 Å². The Morgan fingerprint density at radius 2 is 1.53 bits per heavy atom. The number of rotatable bonds is 1. The number of piperidine rings is 1. The molecule has 0 radical (unpaired) electrons. The lowest BCUT2D eigenvalue weighted by Gasteiger charge is -2.49. The molecule has 4 heterocycles. The Labute approximate surface area is 117 Å². The number of hydrogen-bond acceptors (Lipinski definition) is 3. The lowest BCUT2D eigenvalue weighted by Crippen LogP contribution is -2.60. The number of nitrogens with zero attached hydrogens (tertiary/aromatic N) is 3. The number of hydrogen-bond donors (Lipinski definition) is 0. The average Bonchev–Trinajstić information content (AvgIpc) is 3.04. The summed E-state index contributed by atoms with van der Waals surface area (Å²) in [5, 5.41) is 0. The van der Waals surface area contributed by atoms with Gasteiger partial charge in [-0.25, -0.2) is 0 Å². The van der Waals surface area contributed by atoms with E-state index in [1.807, 2.05) is 0 Å². The van der Waals surface area contributed by atoms with Gasteiger partial charge in [0.05, 0.1) is 0 Å². The second-order valence-corrected chi connectivity index (χ2v) is 7.35. The Morgan fingerprint density at radius 1 is 0.737 bits per heavy atom. The molecule has 0 spiro atoms. The molecular formula is C16H29N3. The van der Waals surface area contributed by atoms with Crippen molar-refractivity contribution in [3.8, 4) is 0 Å². The monoisotopic (exact) mass is 263 g/mol. The second-order valence-electron chi connectivity index (χ2n) is 7.35. The van der Waals surface area contributed by atoms with Gasteiger partial charge in [0, 0.05) is 37.3 Å². The van der Waals surface area contributed by atoms with Gasteiger partial charge in [0.2, 0.25) is 0 Å². The van der Waals surface area contributed by atoms with Crippen molar-refractivity contribution in [1.29, 1.82) is 0 Å². The summed E-state index contributed by atoms with van der Waals surface area (Å²) in [6.07, 6.45) is 8.68. The summed E-state index contributed by atoms with van der Waals surface area (Å²) in [5.74, 6) is 0. The Balaban J connectivity index is 1.43. The molecule has 0 bridgehead atoms. The molecule has 4 unspecified atom stereocenters. The molecule has 19 heavy (non-hydrogen) atoms. The van der Waals surface area contributed by atoms with Gasteiger partial charge >= 0.3 is 0 Å². The molecule has 4 atom stereocenters. The van der Waals surface area contributed by atoms with Crippen molar-refractivity contribution < 1.29 is 0 Å². The molecule has 108 valence electrons. The van der Waals surface area contributed by atoms with Crippen LogP contribution < -0.4 is 0 Å². The Bertz CT molecular complexity index is 332. The molecular weight excluding hydrogens is 234 g/mol. The zero-order chi connectivity index (χ0) is 12.8. The van der Waals surface area contributed by atoms with E-state index in [0.717, 1.165) is 24.2 Å². The molecule has 4 aliphatic rings. The molecule has 3 nitrogen and oxygen atoms in total. The first-order chi connectivity index (χ1) is 9.31. The van der Waals surface area contributed by atoms with Crippen molar-refractivity contribution >= 4 is 0 Å². The predicted octanol–water partition coefficient (Wildman–Crippen LogP) is 1.78. The number of fused-ring (bicyclic) bond motifs is 2. The topological polar surface area (TPSA) is 9.72 Å². The highest BCUT2D eigenvalue weighted by Crippen LogP contribution is 2.33. The standard InChI is InChI=1S/C16H29N3/c1-13-11-18-8-3-5-16(18)12-19(13)15-6-9-17-7-2-4-14(17)10-15/h13-16H,2-12H2,1H3. The van der Waals surface area contributed by atoms with E-state index in [0.29, 0.717) is 0 Å². The Morgan fingerprint density at radius 3 is 2.42 bits per heavy atom. The Kier molecular flexibility index (Phi) is 3.33. The maximum absolute atomic E-state index is 2.89. The zero-order valence-corrected chi connectivity index (χ0v) is 12.4. The van der Waals surface area contributed by atoms with Crippen LogP contribution in [0.5, 0.6) is 0 Å². The van der Waals surface area contributed by atoms with Crippen LogP contribution in [0.3, 0.4) is 0 Å².